The standard InChI is InChI=1S/C19H18N4O2S/c1-13-7-9-14(10-8-13)17-11-19(23(22-17)26(2,24)25)18-12-20-15-5-3-4-6-16(15)21-18/h3-10,12,19H,11H2,1-2H3/t19-/m0/s1. The minimum Gasteiger partial charge on any atom is -0.253 e. The molecule has 0 radical (unpaired) electrons. The molecule has 0 bridgehead atoms. The molecule has 0 amide bonds. The van der Waals surface area contributed by atoms with Crippen LogP contribution >= 0.6 is 0 Å². The maximum Gasteiger partial charge on any atom is 0.247 e. The van der Waals surface area contributed by atoms with Crippen molar-refractivity contribution >= 4 is 26.8 Å². The summed E-state index contributed by atoms with van der Waals surface area (Å²) in [7, 11) is -3.52. The van der Waals surface area contributed by atoms with Crippen LogP contribution in [0.3, 0.4) is 0 Å². The third kappa shape index (κ3) is 3.06. The average Bonchev–Trinajstić information content (AvgIpc) is 3.08. The normalized spacial score (nSPS) is 17.5. The Morgan fingerprint density at radius 1 is 1.04 bits per heavy atom. The summed E-state index contributed by atoms with van der Waals surface area (Å²) in [6.07, 6.45) is 3.26. The van der Waals surface area contributed by atoms with Crippen LogP contribution in [0, 0.1) is 6.92 Å². The molecule has 7 heteroatoms. The van der Waals surface area contributed by atoms with Gasteiger partial charge in [-0.25, -0.2) is 13.4 Å². The van der Waals surface area contributed by atoms with E-state index in [1.165, 1.54) is 0 Å². The first-order valence-electron chi connectivity index (χ1n) is 8.27. The number of aromatic nitrogens is 2. The number of sulfonamides is 1. The number of hydrogen-bond donors (Lipinski definition) is 0. The molecule has 1 aromatic heterocycles. The van der Waals surface area contributed by atoms with Gasteiger partial charge in [0.15, 0.2) is 0 Å². The Morgan fingerprint density at radius 3 is 2.42 bits per heavy atom. The Hall–Kier alpha value is -2.80. The molecule has 6 nitrogen and oxygen atoms in total. The van der Waals surface area contributed by atoms with Gasteiger partial charge < -0.3 is 0 Å². The summed E-state index contributed by atoms with van der Waals surface area (Å²) in [5, 5.41) is 4.39. The van der Waals surface area contributed by atoms with Crippen LogP contribution in [0.2, 0.25) is 0 Å². The lowest BCUT2D eigenvalue weighted by Crippen LogP contribution is -2.26. The van der Waals surface area contributed by atoms with Gasteiger partial charge in [0.1, 0.15) is 6.04 Å². The lowest BCUT2D eigenvalue weighted by molar-refractivity contribution is 0.368. The van der Waals surface area contributed by atoms with Gasteiger partial charge in [-0.15, -0.1) is 0 Å². The number of benzene rings is 2. The lowest BCUT2D eigenvalue weighted by atomic mass is 10.0. The number of para-hydroxylation sites is 2. The number of hydrogen-bond acceptors (Lipinski definition) is 5. The summed E-state index contributed by atoms with van der Waals surface area (Å²) >= 11 is 0. The molecule has 132 valence electrons. The predicted molar refractivity (Wildman–Crippen MR) is 101 cm³/mol. The van der Waals surface area contributed by atoms with Crippen LogP contribution in [0.4, 0.5) is 0 Å². The van der Waals surface area contributed by atoms with Gasteiger partial charge in [-0.1, -0.05) is 42.0 Å². The molecule has 1 aliphatic heterocycles. The second-order valence-corrected chi connectivity index (χ2v) is 8.29. The highest BCUT2D eigenvalue weighted by Crippen LogP contribution is 2.33. The topological polar surface area (TPSA) is 75.5 Å². The van der Waals surface area contributed by atoms with Crippen molar-refractivity contribution in [2.75, 3.05) is 6.26 Å². The summed E-state index contributed by atoms with van der Waals surface area (Å²) in [5.74, 6) is 0. The molecule has 0 saturated heterocycles. The molecule has 0 saturated carbocycles. The number of nitrogens with zero attached hydrogens (tertiary/aromatic N) is 4. The molecule has 4 rings (SSSR count). The molecule has 0 unspecified atom stereocenters. The summed E-state index contributed by atoms with van der Waals surface area (Å²) < 4.78 is 25.7. The van der Waals surface area contributed by atoms with E-state index >= 15 is 0 Å². The Morgan fingerprint density at radius 2 is 1.73 bits per heavy atom. The van der Waals surface area contributed by atoms with Crippen LogP contribution in [0.15, 0.2) is 59.8 Å². The van der Waals surface area contributed by atoms with Gasteiger partial charge in [-0.2, -0.15) is 9.52 Å². The van der Waals surface area contributed by atoms with Crippen molar-refractivity contribution in [3.8, 4) is 0 Å². The fourth-order valence-corrected chi connectivity index (χ4v) is 3.96. The van der Waals surface area contributed by atoms with E-state index in [1.807, 2.05) is 55.5 Å². The highest BCUT2D eigenvalue weighted by molar-refractivity contribution is 7.88. The second kappa shape index (κ2) is 6.17. The van der Waals surface area contributed by atoms with Gasteiger partial charge in [0.05, 0.1) is 34.9 Å². The number of hydrazone groups is 1. The maximum absolute atomic E-state index is 12.3. The van der Waals surface area contributed by atoms with Crippen molar-refractivity contribution in [2.24, 2.45) is 5.10 Å². The van der Waals surface area contributed by atoms with Crippen LogP contribution < -0.4 is 0 Å². The van der Waals surface area contributed by atoms with Crippen molar-refractivity contribution in [3.05, 3.63) is 71.5 Å². The fraction of sp³-hybridized carbons (Fsp3) is 0.211. The molecule has 3 aromatic rings. The minimum absolute atomic E-state index is 0.461. The van der Waals surface area contributed by atoms with Gasteiger partial charge in [-0.05, 0) is 24.6 Å². The van der Waals surface area contributed by atoms with Crippen molar-refractivity contribution in [3.63, 3.8) is 0 Å². The summed E-state index contributed by atoms with van der Waals surface area (Å²) in [5.41, 5.74) is 4.90. The van der Waals surface area contributed by atoms with Crippen molar-refractivity contribution in [2.45, 2.75) is 19.4 Å². The van der Waals surface area contributed by atoms with E-state index in [1.54, 1.807) is 6.20 Å². The van der Waals surface area contributed by atoms with E-state index in [2.05, 4.69) is 15.1 Å². The van der Waals surface area contributed by atoms with E-state index in [9.17, 15) is 8.42 Å². The molecule has 0 spiro atoms. The third-order valence-corrected chi connectivity index (χ3v) is 5.42. The number of rotatable bonds is 3. The predicted octanol–water partition coefficient (Wildman–Crippen LogP) is 3.05. The molecular weight excluding hydrogens is 348 g/mol. The SMILES string of the molecule is Cc1ccc(C2=NN(S(C)(=O)=O)[C@H](c3cnc4ccccc4n3)C2)cc1. The van der Waals surface area contributed by atoms with Crippen LogP contribution in [-0.2, 0) is 10.0 Å². The molecular formula is C19H18N4O2S. The minimum atomic E-state index is -3.52. The van der Waals surface area contributed by atoms with Crippen molar-refractivity contribution in [1.29, 1.82) is 0 Å². The van der Waals surface area contributed by atoms with Crippen LogP contribution in [0.25, 0.3) is 11.0 Å². The first-order chi connectivity index (χ1) is 12.4. The Labute approximate surface area is 152 Å². The zero-order valence-corrected chi connectivity index (χ0v) is 15.3. The van der Waals surface area contributed by atoms with Crippen LogP contribution in [0.1, 0.15) is 29.3 Å². The zero-order chi connectivity index (χ0) is 18.3. The van der Waals surface area contributed by atoms with Gasteiger partial charge in [-0.3, -0.25) is 4.98 Å². The highest BCUT2D eigenvalue weighted by Gasteiger charge is 2.35. The van der Waals surface area contributed by atoms with E-state index in [0.29, 0.717) is 12.1 Å². The molecule has 2 heterocycles. The second-order valence-electron chi connectivity index (χ2n) is 6.45. The maximum atomic E-state index is 12.3. The van der Waals surface area contributed by atoms with Crippen LogP contribution in [-0.4, -0.2) is 34.8 Å². The summed E-state index contributed by atoms with van der Waals surface area (Å²) in [6.45, 7) is 2.01. The highest BCUT2D eigenvalue weighted by atomic mass is 32.2. The summed E-state index contributed by atoms with van der Waals surface area (Å²) in [4.78, 5) is 9.04. The molecule has 1 aliphatic rings. The van der Waals surface area contributed by atoms with Crippen LogP contribution in [0.5, 0.6) is 0 Å². The molecule has 2 aromatic carbocycles. The van der Waals surface area contributed by atoms with E-state index < -0.39 is 16.1 Å². The quantitative estimate of drug-likeness (QED) is 0.714. The average molecular weight is 366 g/mol. The third-order valence-electron chi connectivity index (χ3n) is 4.41. The molecule has 0 fully saturated rings. The van der Waals surface area contributed by atoms with E-state index in [4.69, 9.17) is 0 Å². The van der Waals surface area contributed by atoms with Gasteiger partial charge in [0.2, 0.25) is 10.0 Å². The Bertz CT molecular complexity index is 1110. The monoisotopic (exact) mass is 366 g/mol. The smallest absolute Gasteiger partial charge is 0.247 e. The van der Waals surface area contributed by atoms with Crippen molar-refractivity contribution < 1.29 is 8.42 Å². The number of aryl methyl sites for hydroxylation is 1. The Kier molecular flexibility index (Phi) is 3.96. The van der Waals surface area contributed by atoms with Gasteiger partial charge in [0.25, 0.3) is 0 Å². The van der Waals surface area contributed by atoms with Gasteiger partial charge in [0, 0.05) is 6.42 Å². The Balaban J connectivity index is 1.76. The fourth-order valence-electron chi connectivity index (χ4n) is 3.07. The summed E-state index contributed by atoms with van der Waals surface area (Å²) in [6, 6.07) is 14.9. The van der Waals surface area contributed by atoms with Crippen molar-refractivity contribution in [1.82, 2.24) is 14.4 Å². The molecule has 0 aliphatic carbocycles. The molecule has 1 atom stereocenters. The van der Waals surface area contributed by atoms with E-state index in [-0.39, 0.29) is 0 Å². The molecule has 26 heavy (non-hydrogen) atoms. The molecule has 0 N–H and O–H groups in total. The lowest BCUT2D eigenvalue weighted by Gasteiger charge is -2.20. The first kappa shape index (κ1) is 16.7. The van der Waals surface area contributed by atoms with Gasteiger partial charge >= 0.3 is 0 Å². The largest absolute Gasteiger partial charge is 0.253 e. The van der Waals surface area contributed by atoms with E-state index in [0.717, 1.165) is 38.5 Å². The zero-order valence-electron chi connectivity index (χ0n) is 14.5. The number of fused-ring (bicyclic) bond motifs is 1. The first-order valence-corrected chi connectivity index (χ1v) is 10.1.